The molecule has 11 heteroatoms. The fourth-order valence-corrected chi connectivity index (χ4v) is 2.49. The topological polar surface area (TPSA) is 144 Å². The molecule has 1 aliphatic rings. The van der Waals surface area contributed by atoms with E-state index in [-0.39, 0.29) is 19.8 Å². The molecule has 0 aromatic carbocycles. The lowest BCUT2D eigenvalue weighted by Crippen LogP contribution is -2.63. The second-order valence-corrected chi connectivity index (χ2v) is 5.66. The van der Waals surface area contributed by atoms with Gasteiger partial charge < -0.3 is 33.5 Å². The molecule has 0 radical (unpaired) electrons. The average Bonchev–Trinajstić information content (AvgIpc) is 2.54. The minimum absolute atomic E-state index is 0.173. The van der Waals surface area contributed by atoms with Crippen LogP contribution >= 0.6 is 0 Å². The summed E-state index contributed by atoms with van der Waals surface area (Å²) < 4.78 is 31.4. The maximum Gasteiger partial charge on any atom is 0.303 e. The van der Waals surface area contributed by atoms with Crippen LogP contribution in [0.25, 0.3) is 0 Å². The van der Waals surface area contributed by atoms with E-state index < -0.39 is 54.6 Å². The van der Waals surface area contributed by atoms with Crippen molar-refractivity contribution >= 4 is 23.9 Å². The molecule has 154 valence electrons. The lowest BCUT2D eigenvalue weighted by molar-refractivity contribution is -0.308. The van der Waals surface area contributed by atoms with Gasteiger partial charge in [0.15, 0.2) is 24.6 Å². The van der Waals surface area contributed by atoms with E-state index in [9.17, 15) is 19.2 Å². The highest BCUT2D eigenvalue weighted by Crippen LogP contribution is 2.29. The number of aliphatic hydroxyl groups is 1. The Morgan fingerprint density at radius 1 is 0.815 bits per heavy atom. The van der Waals surface area contributed by atoms with E-state index in [0.29, 0.717) is 0 Å². The molecule has 11 nitrogen and oxygen atoms in total. The van der Waals surface area contributed by atoms with Crippen molar-refractivity contribution in [2.75, 3.05) is 19.8 Å². The maximum absolute atomic E-state index is 11.6. The first-order valence-corrected chi connectivity index (χ1v) is 8.18. The summed E-state index contributed by atoms with van der Waals surface area (Å²) in [5, 5.41) is 8.98. The molecule has 0 bridgehead atoms. The molecule has 2 unspecified atom stereocenters. The Bertz CT molecular complexity index is 546. The molecule has 0 aromatic rings. The van der Waals surface area contributed by atoms with Crippen LogP contribution in [0.1, 0.15) is 27.7 Å². The van der Waals surface area contributed by atoms with E-state index in [1.54, 1.807) is 0 Å². The minimum Gasteiger partial charge on any atom is -0.463 e. The molecule has 1 saturated heterocycles. The summed E-state index contributed by atoms with van der Waals surface area (Å²) in [6.07, 6.45) is -6.14. The van der Waals surface area contributed by atoms with E-state index in [1.807, 2.05) is 0 Å². The predicted molar refractivity (Wildman–Crippen MR) is 85.0 cm³/mol. The highest BCUT2D eigenvalue weighted by atomic mass is 16.7. The smallest absolute Gasteiger partial charge is 0.303 e. The molecule has 1 heterocycles. The summed E-state index contributed by atoms with van der Waals surface area (Å²) in [4.78, 5) is 45.7. The predicted octanol–water partition coefficient (Wildman–Crippen LogP) is -0.922. The number of ether oxygens (including phenoxy) is 6. The molecule has 0 aromatic heterocycles. The Balaban J connectivity index is 3.22. The Morgan fingerprint density at radius 3 is 1.81 bits per heavy atom. The molecule has 1 fully saturated rings. The molecule has 0 amide bonds. The third-order valence-corrected chi connectivity index (χ3v) is 3.32. The van der Waals surface area contributed by atoms with Gasteiger partial charge in [-0.25, -0.2) is 0 Å². The Hall–Kier alpha value is -2.24. The van der Waals surface area contributed by atoms with Crippen molar-refractivity contribution in [2.45, 2.75) is 58.4 Å². The lowest BCUT2D eigenvalue weighted by atomic mass is 9.98. The monoisotopic (exact) mass is 392 g/mol. The minimum atomic E-state index is -1.28. The van der Waals surface area contributed by atoms with Crippen molar-refractivity contribution in [3.63, 3.8) is 0 Å². The van der Waals surface area contributed by atoms with Crippen molar-refractivity contribution in [3.8, 4) is 0 Å². The van der Waals surface area contributed by atoms with E-state index in [4.69, 9.17) is 33.5 Å². The largest absolute Gasteiger partial charge is 0.463 e. The third kappa shape index (κ3) is 7.49. The average molecular weight is 392 g/mol. The zero-order chi connectivity index (χ0) is 20.6. The molecule has 0 saturated carbocycles. The first-order valence-electron chi connectivity index (χ1n) is 8.18. The van der Waals surface area contributed by atoms with Gasteiger partial charge in [-0.1, -0.05) is 0 Å². The van der Waals surface area contributed by atoms with Gasteiger partial charge in [0, 0.05) is 27.7 Å². The number of hydrogen-bond donors (Lipinski definition) is 1. The second kappa shape index (κ2) is 10.8. The van der Waals surface area contributed by atoms with Crippen LogP contribution in [0.3, 0.4) is 0 Å². The number of carbonyl (C=O) groups excluding carboxylic acids is 4. The normalized spacial score (nSPS) is 27.4. The fourth-order valence-electron chi connectivity index (χ4n) is 2.49. The van der Waals surface area contributed by atoms with E-state index in [0.717, 1.165) is 20.8 Å². The van der Waals surface area contributed by atoms with Gasteiger partial charge in [0.25, 0.3) is 0 Å². The highest BCUT2D eigenvalue weighted by molar-refractivity contribution is 5.68. The van der Waals surface area contributed by atoms with Crippen LogP contribution in [-0.2, 0) is 47.6 Å². The number of esters is 4. The van der Waals surface area contributed by atoms with Crippen molar-refractivity contribution in [1.29, 1.82) is 0 Å². The van der Waals surface area contributed by atoms with Gasteiger partial charge in [0.1, 0.15) is 12.7 Å². The molecule has 0 aliphatic carbocycles. The van der Waals surface area contributed by atoms with Gasteiger partial charge in [0.2, 0.25) is 0 Å². The number of rotatable bonds is 8. The van der Waals surface area contributed by atoms with Gasteiger partial charge in [-0.2, -0.15) is 0 Å². The van der Waals surface area contributed by atoms with Crippen molar-refractivity contribution in [2.24, 2.45) is 0 Å². The summed E-state index contributed by atoms with van der Waals surface area (Å²) in [5.74, 6) is -2.79. The standard InChI is InChI=1S/C16H24O11/c1-8(18)23-7-12-13(24-9(2)19)14(25-10(3)20)15(26-11(4)21)16(27-12)22-6-5-17/h12-17H,5-7H2,1-4H3/t12?,13-,14+,15?,16-/m1/s1. The van der Waals surface area contributed by atoms with Crippen molar-refractivity contribution < 1.29 is 52.7 Å². The summed E-state index contributed by atoms with van der Waals surface area (Å²) in [7, 11) is 0. The van der Waals surface area contributed by atoms with Crippen LogP contribution in [-0.4, -0.2) is 79.5 Å². The van der Waals surface area contributed by atoms with Crippen LogP contribution in [0.5, 0.6) is 0 Å². The number of aliphatic hydroxyl groups excluding tert-OH is 1. The molecule has 5 atom stereocenters. The van der Waals surface area contributed by atoms with E-state index in [1.165, 1.54) is 6.92 Å². The van der Waals surface area contributed by atoms with E-state index in [2.05, 4.69) is 0 Å². The number of carbonyl (C=O) groups is 4. The highest BCUT2D eigenvalue weighted by Gasteiger charge is 2.52. The quantitative estimate of drug-likeness (QED) is 0.404. The van der Waals surface area contributed by atoms with Gasteiger partial charge in [-0.3, -0.25) is 19.2 Å². The number of hydrogen-bond acceptors (Lipinski definition) is 11. The Kier molecular flexibility index (Phi) is 9.12. The van der Waals surface area contributed by atoms with Gasteiger partial charge in [-0.05, 0) is 0 Å². The fraction of sp³-hybridized carbons (Fsp3) is 0.750. The lowest BCUT2D eigenvalue weighted by Gasteiger charge is -2.43. The van der Waals surface area contributed by atoms with Crippen LogP contribution < -0.4 is 0 Å². The van der Waals surface area contributed by atoms with Crippen molar-refractivity contribution in [3.05, 3.63) is 0 Å². The molecular weight excluding hydrogens is 368 g/mol. The Morgan fingerprint density at radius 2 is 1.33 bits per heavy atom. The molecule has 0 spiro atoms. The molecule has 27 heavy (non-hydrogen) atoms. The second-order valence-electron chi connectivity index (χ2n) is 5.66. The zero-order valence-electron chi connectivity index (χ0n) is 15.5. The van der Waals surface area contributed by atoms with Gasteiger partial charge in [-0.15, -0.1) is 0 Å². The maximum atomic E-state index is 11.6. The summed E-state index contributed by atoms with van der Waals surface area (Å²) >= 11 is 0. The molecule has 1 aliphatic heterocycles. The zero-order valence-corrected chi connectivity index (χ0v) is 15.5. The van der Waals surface area contributed by atoms with Crippen LogP contribution in [0, 0.1) is 0 Å². The molecule has 1 rings (SSSR count). The van der Waals surface area contributed by atoms with Crippen molar-refractivity contribution in [1.82, 2.24) is 0 Å². The SMILES string of the molecule is CC(=O)OCC1O[C@@H](OCCO)C(OC(C)=O)[C@@H](OC(C)=O)[C@@H]1OC(C)=O. The van der Waals surface area contributed by atoms with Crippen LogP contribution in [0.2, 0.25) is 0 Å². The first kappa shape index (κ1) is 22.8. The molecule has 1 N–H and O–H groups in total. The third-order valence-electron chi connectivity index (χ3n) is 3.32. The summed E-state index contributed by atoms with van der Waals surface area (Å²) in [6, 6.07) is 0. The Labute approximate surface area is 155 Å². The van der Waals surface area contributed by atoms with Crippen LogP contribution in [0.4, 0.5) is 0 Å². The van der Waals surface area contributed by atoms with Crippen LogP contribution in [0.15, 0.2) is 0 Å². The van der Waals surface area contributed by atoms with Gasteiger partial charge >= 0.3 is 23.9 Å². The summed E-state index contributed by atoms with van der Waals surface area (Å²) in [6.45, 7) is 3.68. The van der Waals surface area contributed by atoms with E-state index >= 15 is 0 Å². The summed E-state index contributed by atoms with van der Waals surface area (Å²) in [5.41, 5.74) is 0. The van der Waals surface area contributed by atoms with Gasteiger partial charge in [0.05, 0.1) is 13.2 Å². The first-order chi connectivity index (χ1) is 12.6. The molecular formula is C16H24O11.